The van der Waals surface area contributed by atoms with Crippen LogP contribution < -0.4 is 5.32 Å². The highest BCUT2D eigenvalue weighted by Crippen LogP contribution is 1.96. The Hall–Kier alpha value is -1.46. The Morgan fingerprint density at radius 2 is 1.44 bits per heavy atom. The zero-order valence-electron chi connectivity index (χ0n) is 9.45. The number of nitrogens with one attached hydrogen (secondary N) is 1. The Kier molecular flexibility index (Phi) is 7.07. The van der Waals surface area contributed by atoms with E-state index >= 15 is 0 Å². The molecule has 0 aliphatic rings. The number of rotatable bonds is 9. The lowest BCUT2D eigenvalue weighted by atomic mass is 10.4. The molecule has 0 saturated heterocycles. The maximum Gasteiger partial charge on any atom is 0.0991 e. The van der Waals surface area contributed by atoms with Crippen LogP contribution in [0.3, 0.4) is 0 Å². The summed E-state index contributed by atoms with van der Waals surface area (Å²) in [6.07, 6.45) is 0. The van der Waals surface area contributed by atoms with E-state index in [1.165, 1.54) is 0 Å². The van der Waals surface area contributed by atoms with Crippen LogP contribution in [0.4, 0.5) is 0 Å². The molecule has 5 nitrogen and oxygen atoms in total. The van der Waals surface area contributed by atoms with E-state index in [1.54, 1.807) is 4.90 Å². The van der Waals surface area contributed by atoms with Gasteiger partial charge in [-0.15, -0.1) is 0 Å². The third-order valence-corrected chi connectivity index (χ3v) is 1.75. The number of hydrogen-bond acceptors (Lipinski definition) is 5. The number of aliphatic hydroxyl groups is 3. The van der Waals surface area contributed by atoms with Crippen LogP contribution in [0.1, 0.15) is 0 Å². The minimum Gasteiger partial charge on any atom is -0.512 e. The lowest BCUT2D eigenvalue weighted by Gasteiger charge is -2.21. The van der Waals surface area contributed by atoms with Gasteiger partial charge in [0, 0.05) is 13.1 Å². The van der Waals surface area contributed by atoms with Crippen LogP contribution in [0.15, 0.2) is 37.0 Å². The fraction of sp³-hybridized carbons (Fsp3) is 0.455. The first-order valence-electron chi connectivity index (χ1n) is 4.95. The molecule has 5 heteroatoms. The Morgan fingerprint density at radius 3 is 1.81 bits per heavy atom. The molecule has 0 heterocycles. The Labute approximate surface area is 96.0 Å². The molecule has 0 atom stereocenters. The minimum absolute atomic E-state index is 0.0350. The van der Waals surface area contributed by atoms with E-state index < -0.39 is 0 Å². The number of aliphatic hydroxyl groups excluding tert-OH is 3. The quantitative estimate of drug-likeness (QED) is 0.351. The van der Waals surface area contributed by atoms with Gasteiger partial charge in [-0.25, -0.2) is 0 Å². The third-order valence-electron chi connectivity index (χ3n) is 1.75. The van der Waals surface area contributed by atoms with E-state index in [0.29, 0.717) is 19.6 Å². The maximum atomic E-state index is 9.06. The van der Waals surface area contributed by atoms with Gasteiger partial charge in [-0.2, -0.15) is 0 Å². The normalized spacial score (nSPS) is 10.3. The molecule has 0 fully saturated rings. The van der Waals surface area contributed by atoms with Crippen LogP contribution >= 0.6 is 0 Å². The smallest absolute Gasteiger partial charge is 0.0991 e. The van der Waals surface area contributed by atoms with Crippen LogP contribution in [0, 0.1) is 0 Å². The second-order valence-corrected chi connectivity index (χ2v) is 3.59. The Balaban J connectivity index is 3.86. The van der Waals surface area contributed by atoms with E-state index in [1.807, 2.05) is 0 Å². The van der Waals surface area contributed by atoms with Crippen molar-refractivity contribution in [1.29, 1.82) is 0 Å². The van der Waals surface area contributed by atoms with Crippen molar-refractivity contribution in [1.82, 2.24) is 10.2 Å². The van der Waals surface area contributed by atoms with E-state index in [9.17, 15) is 0 Å². The van der Waals surface area contributed by atoms with Gasteiger partial charge in [0.15, 0.2) is 0 Å². The summed E-state index contributed by atoms with van der Waals surface area (Å²) in [4.78, 5) is 1.78. The van der Waals surface area contributed by atoms with Crippen molar-refractivity contribution in [3.63, 3.8) is 0 Å². The van der Waals surface area contributed by atoms with E-state index in [-0.39, 0.29) is 30.4 Å². The SMILES string of the molecule is C=C(O)CNCCN(CC(=C)O)CC(=C)O. The molecular formula is C11H20N2O3. The van der Waals surface area contributed by atoms with Gasteiger partial charge in [0.2, 0.25) is 0 Å². The van der Waals surface area contributed by atoms with Crippen molar-refractivity contribution in [3.05, 3.63) is 37.0 Å². The summed E-state index contributed by atoms with van der Waals surface area (Å²) in [7, 11) is 0. The zero-order valence-corrected chi connectivity index (χ0v) is 9.45. The molecule has 0 aromatic rings. The van der Waals surface area contributed by atoms with Gasteiger partial charge in [0.05, 0.1) is 36.9 Å². The van der Waals surface area contributed by atoms with Gasteiger partial charge in [-0.05, 0) is 0 Å². The van der Waals surface area contributed by atoms with E-state index in [0.717, 1.165) is 0 Å². The molecule has 0 aromatic carbocycles. The van der Waals surface area contributed by atoms with Crippen molar-refractivity contribution in [3.8, 4) is 0 Å². The second kappa shape index (κ2) is 7.78. The standard InChI is InChI=1S/C11H20N2O3/c1-9(14)6-12-4-5-13(7-10(2)15)8-11(3)16/h12,14-16H,1-8H2. The van der Waals surface area contributed by atoms with Gasteiger partial charge in [-0.3, -0.25) is 4.90 Å². The Bertz CT molecular complexity index is 248. The molecule has 0 unspecified atom stereocenters. The predicted octanol–water partition coefficient (Wildman–Crippen LogP) is 1.09. The fourth-order valence-electron chi connectivity index (χ4n) is 1.20. The first-order chi connectivity index (χ1) is 7.41. The van der Waals surface area contributed by atoms with Gasteiger partial charge in [-0.1, -0.05) is 19.7 Å². The molecule has 0 aliphatic heterocycles. The molecule has 92 valence electrons. The molecule has 0 radical (unpaired) electrons. The highest BCUT2D eigenvalue weighted by molar-refractivity contribution is 4.90. The van der Waals surface area contributed by atoms with Crippen molar-refractivity contribution in [2.24, 2.45) is 0 Å². The summed E-state index contributed by atoms with van der Waals surface area (Å²) >= 11 is 0. The van der Waals surface area contributed by atoms with Crippen LogP contribution in [-0.4, -0.2) is 52.9 Å². The summed E-state index contributed by atoms with van der Waals surface area (Å²) in [5, 5.41) is 29.9. The van der Waals surface area contributed by atoms with Crippen molar-refractivity contribution in [2.45, 2.75) is 0 Å². The fourth-order valence-corrected chi connectivity index (χ4v) is 1.20. The van der Waals surface area contributed by atoms with E-state index in [2.05, 4.69) is 25.1 Å². The van der Waals surface area contributed by atoms with Crippen molar-refractivity contribution in [2.75, 3.05) is 32.7 Å². The molecule has 0 amide bonds. The molecule has 0 aliphatic carbocycles. The zero-order chi connectivity index (χ0) is 12.6. The van der Waals surface area contributed by atoms with Crippen LogP contribution in [0.2, 0.25) is 0 Å². The highest BCUT2D eigenvalue weighted by atomic mass is 16.3. The first-order valence-corrected chi connectivity index (χ1v) is 4.95. The topological polar surface area (TPSA) is 76.0 Å². The van der Waals surface area contributed by atoms with Gasteiger partial charge < -0.3 is 20.6 Å². The summed E-state index contributed by atoms with van der Waals surface area (Å²) in [5.74, 6) is 0.144. The van der Waals surface area contributed by atoms with Gasteiger partial charge in [0.25, 0.3) is 0 Å². The average Bonchev–Trinajstić information content (AvgIpc) is 2.09. The molecular weight excluding hydrogens is 208 g/mol. The summed E-state index contributed by atoms with van der Waals surface area (Å²) in [5.41, 5.74) is 0. The van der Waals surface area contributed by atoms with Gasteiger partial charge >= 0.3 is 0 Å². The molecule has 0 rings (SSSR count). The lowest BCUT2D eigenvalue weighted by Crippen LogP contribution is -2.35. The van der Waals surface area contributed by atoms with Crippen LogP contribution in [0.25, 0.3) is 0 Å². The molecule has 0 aromatic heterocycles. The monoisotopic (exact) mass is 228 g/mol. The summed E-state index contributed by atoms with van der Waals surface area (Å²) in [6, 6.07) is 0. The molecule has 0 saturated carbocycles. The number of nitrogens with zero attached hydrogens (tertiary/aromatic N) is 1. The van der Waals surface area contributed by atoms with Crippen molar-refractivity contribution < 1.29 is 15.3 Å². The molecule has 4 N–H and O–H groups in total. The summed E-state index contributed by atoms with van der Waals surface area (Å²) < 4.78 is 0. The van der Waals surface area contributed by atoms with Crippen LogP contribution in [-0.2, 0) is 0 Å². The van der Waals surface area contributed by atoms with Crippen molar-refractivity contribution >= 4 is 0 Å². The highest BCUT2D eigenvalue weighted by Gasteiger charge is 2.07. The summed E-state index contributed by atoms with van der Waals surface area (Å²) in [6.45, 7) is 12.2. The largest absolute Gasteiger partial charge is 0.512 e. The van der Waals surface area contributed by atoms with Gasteiger partial charge in [0.1, 0.15) is 0 Å². The lowest BCUT2D eigenvalue weighted by molar-refractivity contribution is 0.234. The predicted molar refractivity (Wildman–Crippen MR) is 64.6 cm³/mol. The second-order valence-electron chi connectivity index (χ2n) is 3.59. The number of hydrogen-bond donors (Lipinski definition) is 4. The minimum atomic E-state index is 0.0350. The maximum absolute atomic E-state index is 9.06. The molecule has 0 bridgehead atoms. The average molecular weight is 228 g/mol. The van der Waals surface area contributed by atoms with E-state index in [4.69, 9.17) is 15.3 Å². The first kappa shape index (κ1) is 14.5. The third kappa shape index (κ3) is 9.11. The van der Waals surface area contributed by atoms with Crippen LogP contribution in [0.5, 0.6) is 0 Å². The molecule has 16 heavy (non-hydrogen) atoms. The molecule has 0 spiro atoms. The Morgan fingerprint density at radius 1 is 0.938 bits per heavy atom.